The number of para-hydroxylation sites is 1. The summed E-state index contributed by atoms with van der Waals surface area (Å²) in [5.41, 5.74) is 0.780. The van der Waals surface area contributed by atoms with Crippen LogP contribution in [0.3, 0.4) is 0 Å². The van der Waals surface area contributed by atoms with Gasteiger partial charge in [0.2, 0.25) is 0 Å². The molecule has 0 bridgehead atoms. The highest BCUT2D eigenvalue weighted by molar-refractivity contribution is 5.46. The molecule has 0 heterocycles. The molecule has 2 aromatic rings. The van der Waals surface area contributed by atoms with Gasteiger partial charge in [0.25, 0.3) is 0 Å². The van der Waals surface area contributed by atoms with Crippen LogP contribution in [-0.2, 0) is 6.54 Å². The van der Waals surface area contributed by atoms with Crippen molar-refractivity contribution in [2.24, 2.45) is 0 Å². The van der Waals surface area contributed by atoms with E-state index in [-0.39, 0.29) is 23.6 Å². The Kier molecular flexibility index (Phi) is 6.23. The van der Waals surface area contributed by atoms with Crippen molar-refractivity contribution in [3.8, 4) is 11.5 Å². The maximum atomic E-state index is 12.4. The third kappa shape index (κ3) is 7.12. The van der Waals surface area contributed by atoms with Crippen LogP contribution < -0.4 is 14.8 Å². The normalized spacial score (nSPS) is 11.9. The minimum atomic E-state index is -4.54. The summed E-state index contributed by atoms with van der Waals surface area (Å²) in [6.45, 7) is -3.01. The number of anilines is 1. The molecule has 1 N–H and O–H groups in total. The van der Waals surface area contributed by atoms with Gasteiger partial charge in [-0.3, -0.25) is 0 Å². The summed E-state index contributed by atoms with van der Waals surface area (Å²) < 4.78 is 83.2. The summed E-state index contributed by atoms with van der Waals surface area (Å²) in [4.78, 5) is 0. The Morgan fingerprint density at radius 3 is 2.19 bits per heavy atom. The minimum Gasteiger partial charge on any atom is -0.484 e. The fraction of sp³-hybridized carbons (Fsp3) is 0.294. The third-order valence-electron chi connectivity index (χ3n) is 3.00. The molecule has 0 unspecified atom stereocenters. The van der Waals surface area contributed by atoms with Crippen molar-refractivity contribution in [3.05, 3.63) is 54.1 Å². The van der Waals surface area contributed by atoms with E-state index in [9.17, 15) is 26.3 Å². The molecule has 1 radical (unpaired) electrons. The van der Waals surface area contributed by atoms with Gasteiger partial charge in [0.05, 0.1) is 0 Å². The van der Waals surface area contributed by atoms with E-state index in [0.29, 0.717) is 5.69 Å². The summed E-state index contributed by atoms with van der Waals surface area (Å²) in [6, 6.07) is 13.1. The third-order valence-corrected chi connectivity index (χ3v) is 3.00. The molecule has 0 atom stereocenters. The number of rotatable bonds is 7. The maximum Gasteiger partial charge on any atom is 0.422 e. The monoisotopic (exact) mass is 378 g/mol. The largest absolute Gasteiger partial charge is 0.484 e. The highest BCUT2D eigenvalue weighted by atomic mass is 19.4. The van der Waals surface area contributed by atoms with Crippen LogP contribution in [0.15, 0.2) is 42.5 Å². The lowest BCUT2D eigenvalue weighted by molar-refractivity contribution is -0.154. The zero-order valence-electron chi connectivity index (χ0n) is 13.2. The topological polar surface area (TPSA) is 30.5 Å². The number of halogens is 6. The smallest absolute Gasteiger partial charge is 0.422 e. The molecule has 3 nitrogen and oxygen atoms in total. The second kappa shape index (κ2) is 8.20. The Labute approximate surface area is 145 Å². The molecule has 0 aliphatic carbocycles. The lowest BCUT2D eigenvalue weighted by Gasteiger charge is -2.16. The van der Waals surface area contributed by atoms with Crippen LogP contribution in [-0.4, -0.2) is 25.6 Å². The zero-order chi connectivity index (χ0) is 19.2. The fourth-order valence-corrected chi connectivity index (χ4v) is 1.94. The lowest BCUT2D eigenvalue weighted by Crippen LogP contribution is -2.20. The van der Waals surface area contributed by atoms with Gasteiger partial charge in [-0.2, -0.15) is 26.3 Å². The van der Waals surface area contributed by atoms with Gasteiger partial charge in [0.1, 0.15) is 11.5 Å². The van der Waals surface area contributed by atoms with E-state index < -0.39 is 25.6 Å². The van der Waals surface area contributed by atoms with Gasteiger partial charge in [-0.25, -0.2) is 0 Å². The first-order valence-electron chi connectivity index (χ1n) is 7.35. The van der Waals surface area contributed by atoms with Crippen molar-refractivity contribution in [1.82, 2.24) is 0 Å². The van der Waals surface area contributed by atoms with Crippen LogP contribution in [0.4, 0.5) is 32.0 Å². The van der Waals surface area contributed by atoms with Crippen molar-refractivity contribution >= 4 is 5.69 Å². The number of hydrogen-bond donors (Lipinski definition) is 1. The summed E-state index contributed by atoms with van der Waals surface area (Å²) >= 11 is 0. The number of hydrogen-bond acceptors (Lipinski definition) is 3. The molecule has 0 amide bonds. The maximum absolute atomic E-state index is 12.4. The fourth-order valence-electron chi connectivity index (χ4n) is 1.94. The Balaban J connectivity index is 2.14. The molecule has 0 aromatic heterocycles. The van der Waals surface area contributed by atoms with Gasteiger partial charge in [0.15, 0.2) is 13.2 Å². The first-order valence-corrected chi connectivity index (χ1v) is 7.35. The second-order valence-electron chi connectivity index (χ2n) is 5.21. The summed E-state index contributed by atoms with van der Waals surface area (Å²) in [6.07, 6.45) is -9.06. The molecule has 141 valence electrons. The molecule has 9 heteroatoms. The number of benzene rings is 2. The molecule has 0 spiro atoms. The molecule has 0 saturated carbocycles. The standard InChI is InChI=1S/C17H14F6NO2/c18-16(19,20)10-25-14-6-7-15(26-11-17(21,22)23)12(8-14)9-24-13-4-2-1-3-5-13/h1-4,6-8,24H,9-11H2. The van der Waals surface area contributed by atoms with Gasteiger partial charge >= 0.3 is 12.4 Å². The Bertz CT molecular complexity index is 701. The molecule has 0 fully saturated rings. The van der Waals surface area contributed by atoms with Crippen molar-refractivity contribution < 1.29 is 35.8 Å². The molecule has 0 saturated heterocycles. The van der Waals surface area contributed by atoms with Crippen molar-refractivity contribution in [1.29, 1.82) is 0 Å². The predicted molar refractivity (Wildman–Crippen MR) is 82.1 cm³/mol. The minimum absolute atomic E-state index is 0.0108. The summed E-state index contributed by atoms with van der Waals surface area (Å²) in [5, 5.41) is 2.90. The Morgan fingerprint density at radius 1 is 0.885 bits per heavy atom. The number of alkyl halides is 6. The van der Waals surface area contributed by atoms with Crippen LogP contribution in [0.1, 0.15) is 5.56 Å². The first kappa shape index (κ1) is 19.7. The van der Waals surface area contributed by atoms with E-state index >= 15 is 0 Å². The molecule has 0 aliphatic rings. The van der Waals surface area contributed by atoms with Crippen LogP contribution in [0, 0.1) is 6.07 Å². The van der Waals surface area contributed by atoms with E-state index in [1.54, 1.807) is 24.3 Å². The highest BCUT2D eigenvalue weighted by Crippen LogP contribution is 2.28. The van der Waals surface area contributed by atoms with Crippen LogP contribution >= 0.6 is 0 Å². The van der Waals surface area contributed by atoms with Crippen LogP contribution in [0.2, 0.25) is 0 Å². The van der Waals surface area contributed by atoms with Crippen LogP contribution in [0.25, 0.3) is 0 Å². The first-order chi connectivity index (χ1) is 12.1. The Hall–Kier alpha value is -2.58. The van der Waals surface area contributed by atoms with E-state index in [2.05, 4.69) is 16.1 Å². The second-order valence-corrected chi connectivity index (χ2v) is 5.21. The molecular weight excluding hydrogens is 364 g/mol. The van der Waals surface area contributed by atoms with Gasteiger partial charge < -0.3 is 14.8 Å². The molecule has 0 aliphatic heterocycles. The van der Waals surface area contributed by atoms with E-state index in [1.165, 1.54) is 6.07 Å². The van der Waals surface area contributed by atoms with Crippen molar-refractivity contribution in [2.45, 2.75) is 18.9 Å². The number of nitrogens with one attached hydrogen (secondary N) is 1. The van der Waals surface area contributed by atoms with Gasteiger partial charge in [0, 0.05) is 23.9 Å². The van der Waals surface area contributed by atoms with Gasteiger partial charge in [-0.15, -0.1) is 0 Å². The van der Waals surface area contributed by atoms with E-state index in [4.69, 9.17) is 4.74 Å². The Morgan fingerprint density at radius 2 is 1.58 bits per heavy atom. The molecule has 2 rings (SSSR count). The van der Waals surface area contributed by atoms with E-state index in [0.717, 1.165) is 12.1 Å². The van der Waals surface area contributed by atoms with Crippen molar-refractivity contribution in [2.75, 3.05) is 18.5 Å². The highest BCUT2D eigenvalue weighted by Gasteiger charge is 2.30. The van der Waals surface area contributed by atoms with Crippen molar-refractivity contribution in [3.63, 3.8) is 0 Å². The molecular formula is C17H14F6NO2. The average molecular weight is 378 g/mol. The van der Waals surface area contributed by atoms with Crippen LogP contribution in [0.5, 0.6) is 11.5 Å². The SMILES string of the molecule is FC(F)(F)COc1ccc(OCC(F)(F)F)c(CNc2[c]cccc2)c1. The molecule has 26 heavy (non-hydrogen) atoms. The predicted octanol–water partition coefficient (Wildman–Crippen LogP) is 4.98. The number of ether oxygens (including phenoxy) is 2. The lowest BCUT2D eigenvalue weighted by atomic mass is 10.1. The molecule has 2 aromatic carbocycles. The van der Waals surface area contributed by atoms with Gasteiger partial charge in [-0.1, -0.05) is 18.2 Å². The average Bonchev–Trinajstić information content (AvgIpc) is 2.56. The zero-order valence-corrected chi connectivity index (χ0v) is 13.2. The van der Waals surface area contributed by atoms with Gasteiger partial charge in [-0.05, 0) is 24.3 Å². The summed E-state index contributed by atoms with van der Waals surface area (Å²) in [5.74, 6) is -0.236. The van der Waals surface area contributed by atoms with E-state index in [1.807, 2.05) is 0 Å². The quantitative estimate of drug-likeness (QED) is 0.690. The summed E-state index contributed by atoms with van der Waals surface area (Å²) in [7, 11) is 0.